The van der Waals surface area contributed by atoms with Gasteiger partial charge in [0.2, 0.25) is 0 Å². The van der Waals surface area contributed by atoms with Gasteiger partial charge in [0.25, 0.3) is 0 Å². The summed E-state index contributed by atoms with van der Waals surface area (Å²) in [6.07, 6.45) is 3.25. The Labute approximate surface area is 101 Å². The minimum Gasteiger partial charge on any atom is -0.468 e. The maximum atomic E-state index is 5.89. The summed E-state index contributed by atoms with van der Waals surface area (Å²) in [5.74, 6) is 0. The van der Waals surface area contributed by atoms with Gasteiger partial charge in [0.1, 0.15) is 0 Å². The van der Waals surface area contributed by atoms with Gasteiger partial charge in [-0.2, -0.15) is 0 Å². The molecule has 0 aliphatic carbocycles. The van der Waals surface area contributed by atoms with Crippen molar-refractivity contribution in [1.29, 1.82) is 0 Å². The second-order valence-electron chi connectivity index (χ2n) is 3.44. The van der Waals surface area contributed by atoms with Crippen LogP contribution in [0.5, 0.6) is 0 Å². The summed E-state index contributed by atoms with van der Waals surface area (Å²) in [4.78, 5) is 0. The van der Waals surface area contributed by atoms with E-state index in [1.165, 1.54) is 0 Å². The molecular formula is C12H16O4Si. The van der Waals surface area contributed by atoms with Crippen LogP contribution in [-0.2, 0) is 8.85 Å². The Bertz CT molecular complexity index is 379. The lowest BCUT2D eigenvalue weighted by Crippen LogP contribution is -2.62. The highest BCUT2D eigenvalue weighted by Crippen LogP contribution is 2.10. The second-order valence-corrected chi connectivity index (χ2v) is 6.23. The Morgan fingerprint density at radius 2 is 1.41 bits per heavy atom. The summed E-state index contributed by atoms with van der Waals surface area (Å²) in [7, 11) is -2.78. The number of hydrogen-bond acceptors (Lipinski definition) is 4. The fraction of sp³-hybridized carbons (Fsp3) is 0.333. The Kier molecular flexibility index (Phi) is 3.83. The van der Waals surface area contributed by atoms with Crippen LogP contribution in [0.1, 0.15) is 13.8 Å². The van der Waals surface area contributed by atoms with Crippen molar-refractivity contribution in [2.75, 3.05) is 13.2 Å². The fourth-order valence-corrected chi connectivity index (χ4v) is 4.57. The molecular weight excluding hydrogens is 236 g/mol. The smallest absolute Gasteiger partial charge is 0.468 e. The molecule has 0 spiro atoms. The molecule has 0 fully saturated rings. The van der Waals surface area contributed by atoms with Crippen molar-refractivity contribution in [3.05, 3.63) is 36.8 Å². The van der Waals surface area contributed by atoms with Gasteiger partial charge in [0, 0.05) is 13.2 Å². The SMILES string of the molecule is CCO[Si](OCC)(c1ccco1)c1ccco1. The van der Waals surface area contributed by atoms with Crippen LogP contribution in [0.4, 0.5) is 0 Å². The van der Waals surface area contributed by atoms with Crippen molar-refractivity contribution in [3.8, 4) is 0 Å². The summed E-state index contributed by atoms with van der Waals surface area (Å²) in [6, 6.07) is 7.41. The van der Waals surface area contributed by atoms with E-state index < -0.39 is 8.56 Å². The first-order chi connectivity index (χ1) is 8.33. The highest BCUT2D eigenvalue weighted by molar-refractivity contribution is 6.90. The van der Waals surface area contributed by atoms with Crippen LogP contribution < -0.4 is 10.8 Å². The quantitative estimate of drug-likeness (QED) is 0.731. The largest absolute Gasteiger partial charge is 0.480 e. The summed E-state index contributed by atoms with van der Waals surface area (Å²) < 4.78 is 22.7. The third-order valence-corrected chi connectivity index (χ3v) is 5.64. The van der Waals surface area contributed by atoms with E-state index in [0.29, 0.717) is 13.2 Å². The van der Waals surface area contributed by atoms with Crippen molar-refractivity contribution in [2.45, 2.75) is 13.8 Å². The molecule has 0 unspecified atom stereocenters. The van der Waals surface area contributed by atoms with E-state index in [9.17, 15) is 0 Å². The molecule has 0 radical (unpaired) electrons. The molecule has 0 saturated heterocycles. The van der Waals surface area contributed by atoms with E-state index in [1.807, 2.05) is 38.1 Å². The molecule has 17 heavy (non-hydrogen) atoms. The Balaban J connectivity index is 2.46. The van der Waals surface area contributed by atoms with Crippen molar-refractivity contribution in [2.24, 2.45) is 0 Å². The van der Waals surface area contributed by atoms with Gasteiger partial charge in [-0.05, 0) is 38.1 Å². The van der Waals surface area contributed by atoms with Crippen LogP contribution >= 0.6 is 0 Å². The Morgan fingerprint density at radius 3 is 1.71 bits per heavy atom. The normalized spacial score (nSPS) is 11.9. The molecule has 0 atom stereocenters. The van der Waals surface area contributed by atoms with Gasteiger partial charge >= 0.3 is 8.56 Å². The average molecular weight is 252 g/mol. The van der Waals surface area contributed by atoms with Gasteiger partial charge in [0.05, 0.1) is 12.5 Å². The lowest BCUT2D eigenvalue weighted by molar-refractivity contribution is 0.198. The monoisotopic (exact) mass is 252 g/mol. The molecule has 4 nitrogen and oxygen atoms in total. The van der Waals surface area contributed by atoms with Gasteiger partial charge in [-0.3, -0.25) is 0 Å². The molecule has 2 heterocycles. The first-order valence-electron chi connectivity index (χ1n) is 5.69. The molecule has 0 aliphatic rings. The minimum atomic E-state index is -2.78. The zero-order valence-electron chi connectivity index (χ0n) is 10.0. The Hall–Kier alpha value is -1.30. The second kappa shape index (κ2) is 5.35. The Morgan fingerprint density at radius 1 is 0.941 bits per heavy atom. The number of furan rings is 2. The molecule has 0 amide bonds. The molecule has 2 aromatic heterocycles. The van der Waals surface area contributed by atoms with Crippen molar-refractivity contribution >= 4 is 19.3 Å². The predicted octanol–water partition coefficient (Wildman–Crippen LogP) is 1.50. The molecule has 0 N–H and O–H groups in total. The first kappa shape index (κ1) is 12.2. The zero-order chi connectivity index (χ0) is 12.1. The third-order valence-electron chi connectivity index (χ3n) is 2.39. The van der Waals surface area contributed by atoms with Crippen LogP contribution in [0.3, 0.4) is 0 Å². The van der Waals surface area contributed by atoms with E-state index in [1.54, 1.807) is 12.5 Å². The maximum Gasteiger partial charge on any atom is 0.480 e. The van der Waals surface area contributed by atoms with Crippen molar-refractivity contribution in [1.82, 2.24) is 0 Å². The van der Waals surface area contributed by atoms with E-state index in [0.717, 1.165) is 10.8 Å². The van der Waals surface area contributed by atoms with E-state index in [-0.39, 0.29) is 0 Å². The molecule has 2 rings (SSSR count). The van der Waals surface area contributed by atoms with E-state index in [2.05, 4.69) is 0 Å². The van der Waals surface area contributed by atoms with Gasteiger partial charge in [-0.25, -0.2) is 0 Å². The maximum absolute atomic E-state index is 5.89. The highest BCUT2D eigenvalue weighted by Gasteiger charge is 2.48. The summed E-state index contributed by atoms with van der Waals surface area (Å²) in [5.41, 5.74) is 0. The molecule has 0 saturated carbocycles. The van der Waals surface area contributed by atoms with Gasteiger partial charge < -0.3 is 17.7 Å². The van der Waals surface area contributed by atoms with E-state index in [4.69, 9.17) is 17.7 Å². The summed E-state index contributed by atoms with van der Waals surface area (Å²) in [5, 5.41) is 1.44. The predicted molar refractivity (Wildman–Crippen MR) is 65.7 cm³/mol. The third kappa shape index (κ3) is 2.22. The number of hydrogen-bond donors (Lipinski definition) is 0. The minimum absolute atomic E-state index is 0.549. The fourth-order valence-electron chi connectivity index (χ4n) is 1.79. The van der Waals surface area contributed by atoms with Gasteiger partial charge in [0.15, 0.2) is 10.8 Å². The number of rotatable bonds is 6. The van der Waals surface area contributed by atoms with Crippen LogP contribution in [0.15, 0.2) is 45.6 Å². The molecule has 0 aromatic carbocycles. The topological polar surface area (TPSA) is 44.7 Å². The summed E-state index contributed by atoms with van der Waals surface area (Å²) >= 11 is 0. The first-order valence-corrected chi connectivity index (χ1v) is 7.51. The lowest BCUT2D eigenvalue weighted by Gasteiger charge is -2.25. The van der Waals surface area contributed by atoms with Crippen LogP contribution in [0.2, 0.25) is 0 Å². The van der Waals surface area contributed by atoms with Crippen LogP contribution in [0.25, 0.3) is 0 Å². The van der Waals surface area contributed by atoms with Crippen LogP contribution in [0, 0.1) is 0 Å². The summed E-state index contributed by atoms with van der Waals surface area (Å²) in [6.45, 7) is 4.97. The molecule has 0 bridgehead atoms. The zero-order valence-corrected chi connectivity index (χ0v) is 11.0. The highest BCUT2D eigenvalue weighted by atomic mass is 28.4. The average Bonchev–Trinajstić information content (AvgIpc) is 3.02. The van der Waals surface area contributed by atoms with Crippen molar-refractivity contribution < 1.29 is 17.7 Å². The van der Waals surface area contributed by atoms with Gasteiger partial charge in [-0.15, -0.1) is 0 Å². The van der Waals surface area contributed by atoms with Crippen LogP contribution in [-0.4, -0.2) is 21.8 Å². The molecule has 0 aliphatic heterocycles. The lowest BCUT2D eigenvalue weighted by atomic mass is 10.7. The van der Waals surface area contributed by atoms with Crippen molar-refractivity contribution in [3.63, 3.8) is 0 Å². The molecule has 5 heteroatoms. The standard InChI is InChI=1S/C12H16O4Si/c1-3-15-17(16-4-2,11-7-5-9-13-11)12-8-6-10-14-12/h5-10H,3-4H2,1-2H3. The van der Waals surface area contributed by atoms with E-state index >= 15 is 0 Å². The molecule has 92 valence electrons. The molecule has 2 aromatic rings. The van der Waals surface area contributed by atoms with Gasteiger partial charge in [-0.1, -0.05) is 0 Å².